The molecular formula is C23H20FN3OS. The van der Waals surface area contributed by atoms with Crippen LogP contribution in [0.1, 0.15) is 37.5 Å². The summed E-state index contributed by atoms with van der Waals surface area (Å²) in [5.41, 5.74) is 4.31. The number of nitriles is 1. The predicted octanol–water partition coefficient (Wildman–Crippen LogP) is 4.88. The number of amides is 1. The van der Waals surface area contributed by atoms with E-state index in [4.69, 9.17) is 5.26 Å². The maximum Gasteiger partial charge on any atom is 0.254 e. The van der Waals surface area contributed by atoms with Crippen molar-refractivity contribution in [2.75, 3.05) is 11.9 Å². The molecule has 1 aliphatic rings. The first-order valence-corrected chi connectivity index (χ1v) is 10.3. The summed E-state index contributed by atoms with van der Waals surface area (Å²) in [6, 6.07) is 14.0. The number of anilines is 1. The largest absolute Gasteiger partial charge is 0.381 e. The molecule has 4 nitrogen and oxygen atoms in total. The van der Waals surface area contributed by atoms with Gasteiger partial charge in [0.2, 0.25) is 0 Å². The number of carbonyl (C=O) groups excluding carboxylic acids is 1. The van der Waals surface area contributed by atoms with Gasteiger partial charge in [-0.05, 0) is 60.2 Å². The zero-order chi connectivity index (χ0) is 20.4. The Kier molecular flexibility index (Phi) is 5.32. The molecule has 2 heterocycles. The van der Waals surface area contributed by atoms with Crippen LogP contribution in [-0.4, -0.2) is 17.4 Å². The molecule has 0 saturated carbocycles. The van der Waals surface area contributed by atoms with Gasteiger partial charge in [0.1, 0.15) is 5.82 Å². The monoisotopic (exact) mass is 405 g/mol. The molecule has 1 N–H and O–H groups in total. The van der Waals surface area contributed by atoms with Crippen molar-refractivity contribution >= 4 is 22.9 Å². The molecule has 146 valence electrons. The van der Waals surface area contributed by atoms with Crippen LogP contribution in [0.4, 0.5) is 10.1 Å². The Morgan fingerprint density at radius 1 is 1.31 bits per heavy atom. The topological polar surface area (TPSA) is 56.1 Å². The predicted molar refractivity (Wildman–Crippen MR) is 112 cm³/mol. The molecule has 0 spiro atoms. The molecule has 2 aromatic carbocycles. The smallest absolute Gasteiger partial charge is 0.254 e. The molecule has 6 heteroatoms. The summed E-state index contributed by atoms with van der Waals surface area (Å²) in [4.78, 5) is 16.4. The molecule has 4 rings (SSSR count). The summed E-state index contributed by atoms with van der Waals surface area (Å²) < 4.78 is 14.1. The molecule has 3 aromatic rings. The van der Waals surface area contributed by atoms with Gasteiger partial charge in [0.25, 0.3) is 5.91 Å². The highest BCUT2D eigenvalue weighted by Gasteiger charge is 2.24. The Hall–Kier alpha value is -3.17. The summed E-state index contributed by atoms with van der Waals surface area (Å²) >= 11 is 1.75. The van der Waals surface area contributed by atoms with Crippen LogP contribution in [-0.2, 0) is 19.5 Å². The second kappa shape index (κ2) is 8.06. The zero-order valence-corrected chi connectivity index (χ0v) is 16.9. The molecule has 0 saturated heterocycles. The molecule has 0 radical (unpaired) electrons. The SMILES string of the molecule is Cc1c(NCc2ccc(C#N)cc2F)cccc1C(=O)N1CCc2sccc2C1. The molecule has 0 aliphatic carbocycles. The van der Waals surface area contributed by atoms with E-state index in [0.29, 0.717) is 23.2 Å². The number of thiophene rings is 1. The number of nitrogens with zero attached hydrogens (tertiary/aromatic N) is 2. The van der Waals surface area contributed by atoms with Gasteiger partial charge in [-0.3, -0.25) is 4.79 Å². The van der Waals surface area contributed by atoms with Crippen LogP contribution < -0.4 is 5.32 Å². The molecule has 0 unspecified atom stereocenters. The lowest BCUT2D eigenvalue weighted by molar-refractivity contribution is 0.0735. The van der Waals surface area contributed by atoms with Gasteiger partial charge in [-0.2, -0.15) is 5.26 Å². The second-order valence-corrected chi connectivity index (χ2v) is 8.10. The molecule has 1 aromatic heterocycles. The van der Waals surface area contributed by atoms with E-state index in [-0.39, 0.29) is 12.5 Å². The molecule has 1 amide bonds. The Morgan fingerprint density at radius 3 is 2.97 bits per heavy atom. The van der Waals surface area contributed by atoms with Gasteiger partial charge in [-0.1, -0.05) is 12.1 Å². The Bertz CT molecular complexity index is 1120. The van der Waals surface area contributed by atoms with Gasteiger partial charge >= 0.3 is 0 Å². The Labute approximate surface area is 173 Å². The average molecular weight is 405 g/mol. The van der Waals surface area contributed by atoms with Crippen LogP contribution in [0.5, 0.6) is 0 Å². The van der Waals surface area contributed by atoms with E-state index in [2.05, 4.69) is 16.8 Å². The number of hydrogen-bond acceptors (Lipinski definition) is 4. The summed E-state index contributed by atoms with van der Waals surface area (Å²) in [7, 11) is 0. The van der Waals surface area contributed by atoms with Gasteiger partial charge in [0.05, 0.1) is 11.6 Å². The minimum Gasteiger partial charge on any atom is -0.381 e. The fourth-order valence-corrected chi connectivity index (χ4v) is 4.49. The first-order valence-electron chi connectivity index (χ1n) is 9.43. The first-order chi connectivity index (χ1) is 14.1. The number of rotatable bonds is 4. The highest BCUT2D eigenvalue weighted by atomic mass is 32.1. The van der Waals surface area contributed by atoms with Crippen LogP contribution in [0.2, 0.25) is 0 Å². The molecule has 0 fully saturated rings. The van der Waals surface area contributed by atoms with Crippen LogP contribution in [0.15, 0.2) is 47.8 Å². The summed E-state index contributed by atoms with van der Waals surface area (Å²) in [5.74, 6) is -0.395. The zero-order valence-electron chi connectivity index (χ0n) is 16.0. The van der Waals surface area contributed by atoms with Crippen molar-refractivity contribution in [1.29, 1.82) is 5.26 Å². The summed E-state index contributed by atoms with van der Waals surface area (Å²) in [6.45, 7) is 3.55. The van der Waals surface area contributed by atoms with Gasteiger partial charge < -0.3 is 10.2 Å². The molecule has 0 atom stereocenters. The van der Waals surface area contributed by atoms with Crippen molar-refractivity contribution in [2.24, 2.45) is 0 Å². The van der Waals surface area contributed by atoms with Crippen LogP contribution >= 0.6 is 11.3 Å². The van der Waals surface area contributed by atoms with Crippen molar-refractivity contribution in [3.05, 3.63) is 86.4 Å². The van der Waals surface area contributed by atoms with Gasteiger partial charge in [0, 0.05) is 41.3 Å². The van der Waals surface area contributed by atoms with Crippen molar-refractivity contribution < 1.29 is 9.18 Å². The third kappa shape index (κ3) is 3.87. The van der Waals surface area contributed by atoms with E-state index < -0.39 is 5.82 Å². The minimum absolute atomic E-state index is 0.0209. The highest BCUT2D eigenvalue weighted by molar-refractivity contribution is 7.10. The van der Waals surface area contributed by atoms with E-state index in [9.17, 15) is 9.18 Å². The van der Waals surface area contributed by atoms with E-state index in [0.717, 1.165) is 24.2 Å². The normalized spacial score (nSPS) is 12.9. The van der Waals surface area contributed by atoms with Crippen LogP contribution in [0.3, 0.4) is 0 Å². The highest BCUT2D eigenvalue weighted by Crippen LogP contribution is 2.27. The third-order valence-electron chi connectivity index (χ3n) is 5.31. The number of nitrogens with one attached hydrogen (secondary N) is 1. The average Bonchev–Trinajstić information content (AvgIpc) is 3.21. The van der Waals surface area contributed by atoms with E-state index >= 15 is 0 Å². The lowest BCUT2D eigenvalue weighted by Crippen LogP contribution is -2.35. The van der Waals surface area contributed by atoms with Crippen LogP contribution in [0.25, 0.3) is 0 Å². The van der Waals surface area contributed by atoms with Crippen molar-refractivity contribution in [3.8, 4) is 6.07 Å². The second-order valence-electron chi connectivity index (χ2n) is 7.10. The summed E-state index contributed by atoms with van der Waals surface area (Å²) in [6.07, 6.45) is 0.897. The molecule has 0 bridgehead atoms. The van der Waals surface area contributed by atoms with Crippen LogP contribution in [0, 0.1) is 24.1 Å². The molecule has 1 aliphatic heterocycles. The van der Waals surface area contributed by atoms with Crippen molar-refractivity contribution in [2.45, 2.75) is 26.4 Å². The maximum absolute atomic E-state index is 14.1. The number of benzene rings is 2. The standard InChI is InChI=1S/C23H20FN3OS/c1-15-19(23(28)27-9-7-22-18(14-27)8-10-29-22)3-2-4-21(15)26-13-17-6-5-16(12-25)11-20(17)24/h2-6,8,10-11,26H,7,9,13-14H2,1H3. The number of hydrogen-bond donors (Lipinski definition) is 1. The van der Waals surface area contributed by atoms with Gasteiger partial charge in [-0.25, -0.2) is 4.39 Å². The summed E-state index contributed by atoms with van der Waals surface area (Å²) in [5, 5.41) is 14.2. The van der Waals surface area contributed by atoms with Crippen molar-refractivity contribution in [1.82, 2.24) is 4.90 Å². The quantitative estimate of drug-likeness (QED) is 0.673. The van der Waals surface area contributed by atoms with Gasteiger partial charge in [0.15, 0.2) is 0 Å². The van der Waals surface area contributed by atoms with E-state index in [1.165, 1.54) is 16.5 Å². The minimum atomic E-state index is -0.415. The number of halogens is 1. The fourth-order valence-electron chi connectivity index (χ4n) is 3.60. The number of fused-ring (bicyclic) bond motifs is 1. The van der Waals surface area contributed by atoms with E-state index in [1.807, 2.05) is 36.1 Å². The number of carbonyl (C=O) groups is 1. The Balaban J connectivity index is 1.50. The van der Waals surface area contributed by atoms with E-state index in [1.54, 1.807) is 23.5 Å². The first kappa shape index (κ1) is 19.2. The lowest BCUT2D eigenvalue weighted by atomic mass is 10.0. The molecular weight excluding hydrogens is 385 g/mol. The van der Waals surface area contributed by atoms with Crippen molar-refractivity contribution in [3.63, 3.8) is 0 Å². The lowest BCUT2D eigenvalue weighted by Gasteiger charge is -2.28. The molecule has 29 heavy (non-hydrogen) atoms. The third-order valence-corrected chi connectivity index (χ3v) is 6.33. The fraction of sp³-hybridized carbons (Fsp3) is 0.217. The van der Waals surface area contributed by atoms with Gasteiger partial charge in [-0.15, -0.1) is 11.3 Å². The Morgan fingerprint density at radius 2 is 2.17 bits per heavy atom. The maximum atomic E-state index is 14.1.